The number of allylic oxidation sites excluding steroid dienone is 2. The molecule has 6 nitrogen and oxygen atoms in total. The molecule has 0 saturated heterocycles. The molecule has 0 aliphatic rings. The monoisotopic (exact) mass is 284 g/mol. The predicted octanol–water partition coefficient (Wildman–Crippen LogP) is 2.48. The summed E-state index contributed by atoms with van der Waals surface area (Å²) >= 11 is 0. The van der Waals surface area contributed by atoms with Gasteiger partial charge in [0.2, 0.25) is 0 Å². The molecule has 0 aliphatic heterocycles. The first kappa shape index (κ1) is 20.0. The third kappa shape index (κ3) is 21.0. The quantitative estimate of drug-likeness (QED) is 0.466. The van der Waals surface area contributed by atoms with Crippen molar-refractivity contribution in [2.24, 2.45) is 0 Å². The van der Waals surface area contributed by atoms with Crippen molar-refractivity contribution < 1.29 is 29.7 Å². The van der Waals surface area contributed by atoms with E-state index in [1.165, 1.54) is 6.92 Å². The molecule has 112 valence electrons. The van der Waals surface area contributed by atoms with Gasteiger partial charge in [-0.25, -0.2) is 14.4 Å². The lowest BCUT2D eigenvalue weighted by Gasteiger charge is -1.91. The molecule has 0 spiro atoms. The summed E-state index contributed by atoms with van der Waals surface area (Å²) in [4.78, 5) is 29.7. The summed E-state index contributed by atoms with van der Waals surface area (Å²) < 4.78 is 0. The highest BCUT2D eigenvalue weighted by molar-refractivity contribution is 5.84. The minimum absolute atomic E-state index is 0.176. The molecular weight excluding hydrogens is 264 g/mol. The van der Waals surface area contributed by atoms with Crippen LogP contribution in [0.1, 0.15) is 32.6 Å². The molecule has 0 unspecified atom stereocenters. The van der Waals surface area contributed by atoms with E-state index in [1.54, 1.807) is 12.2 Å². The first-order chi connectivity index (χ1) is 9.27. The van der Waals surface area contributed by atoms with Crippen molar-refractivity contribution in [2.45, 2.75) is 32.6 Å². The van der Waals surface area contributed by atoms with Gasteiger partial charge in [-0.2, -0.15) is 0 Å². The van der Waals surface area contributed by atoms with E-state index < -0.39 is 17.9 Å². The van der Waals surface area contributed by atoms with Crippen molar-refractivity contribution in [3.8, 4) is 0 Å². The van der Waals surface area contributed by atoms with E-state index in [4.69, 9.17) is 15.3 Å². The van der Waals surface area contributed by atoms with Gasteiger partial charge in [0.15, 0.2) is 0 Å². The molecule has 0 aromatic carbocycles. The molecule has 0 atom stereocenters. The van der Waals surface area contributed by atoms with Crippen molar-refractivity contribution in [1.29, 1.82) is 0 Å². The molecule has 6 heteroatoms. The Morgan fingerprint density at radius 2 is 1.20 bits per heavy atom. The molecule has 0 heterocycles. The molecule has 0 fully saturated rings. The Bertz CT molecular complexity index is 354. The first-order valence-electron chi connectivity index (χ1n) is 5.95. The smallest absolute Gasteiger partial charge is 0.330 e. The zero-order chi connectivity index (χ0) is 16.0. The summed E-state index contributed by atoms with van der Waals surface area (Å²) in [5, 5.41) is 24.4. The largest absolute Gasteiger partial charge is 0.478 e. The first-order valence-corrected chi connectivity index (χ1v) is 5.95. The summed E-state index contributed by atoms with van der Waals surface area (Å²) in [6.45, 7) is 4.60. The molecule has 20 heavy (non-hydrogen) atoms. The SMILES string of the molecule is C=C(C)C(=O)O.O=C(O)C=CCCCCC=CC(=O)O. The van der Waals surface area contributed by atoms with Gasteiger partial charge in [-0.15, -0.1) is 0 Å². The minimum atomic E-state index is -0.935. The van der Waals surface area contributed by atoms with Crippen molar-refractivity contribution >= 4 is 17.9 Å². The lowest BCUT2D eigenvalue weighted by Crippen LogP contribution is -1.92. The number of unbranched alkanes of at least 4 members (excludes halogenated alkanes) is 3. The van der Waals surface area contributed by atoms with Crippen molar-refractivity contribution in [3.63, 3.8) is 0 Å². The zero-order valence-electron chi connectivity index (χ0n) is 11.4. The summed E-state index contributed by atoms with van der Waals surface area (Å²) in [5.74, 6) is -2.80. The van der Waals surface area contributed by atoms with E-state index in [2.05, 4.69) is 6.58 Å². The summed E-state index contributed by atoms with van der Waals surface area (Å²) in [6, 6.07) is 0. The Morgan fingerprint density at radius 3 is 1.40 bits per heavy atom. The van der Waals surface area contributed by atoms with Crippen LogP contribution in [-0.2, 0) is 14.4 Å². The van der Waals surface area contributed by atoms with Crippen LogP contribution in [0.4, 0.5) is 0 Å². The molecule has 0 radical (unpaired) electrons. The molecular formula is C14H20O6. The fourth-order valence-corrected chi connectivity index (χ4v) is 0.893. The van der Waals surface area contributed by atoms with Gasteiger partial charge in [0.05, 0.1) is 0 Å². The summed E-state index contributed by atoms with van der Waals surface area (Å²) in [5.41, 5.74) is 0.176. The molecule has 0 aromatic rings. The normalized spacial score (nSPS) is 10.1. The maximum absolute atomic E-state index is 10.0. The number of hydrogen-bond donors (Lipinski definition) is 3. The molecule has 0 aromatic heterocycles. The fourth-order valence-electron chi connectivity index (χ4n) is 0.893. The van der Waals surface area contributed by atoms with Gasteiger partial charge >= 0.3 is 17.9 Å². The van der Waals surface area contributed by atoms with E-state index in [-0.39, 0.29) is 5.57 Å². The Balaban J connectivity index is 0. The molecule has 0 bridgehead atoms. The zero-order valence-corrected chi connectivity index (χ0v) is 11.4. The van der Waals surface area contributed by atoms with Gasteiger partial charge in [0.25, 0.3) is 0 Å². The predicted molar refractivity (Wildman–Crippen MR) is 74.5 cm³/mol. The maximum atomic E-state index is 10.0. The van der Waals surface area contributed by atoms with Crippen LogP contribution in [0.25, 0.3) is 0 Å². The van der Waals surface area contributed by atoms with Crippen molar-refractivity contribution in [2.75, 3.05) is 0 Å². The van der Waals surface area contributed by atoms with Crippen LogP contribution in [-0.4, -0.2) is 33.2 Å². The Kier molecular flexibility index (Phi) is 13.0. The number of rotatable bonds is 8. The Labute approximate surface area is 117 Å². The second-order valence-electron chi connectivity index (χ2n) is 3.85. The lowest BCUT2D eigenvalue weighted by atomic mass is 10.2. The third-order valence-electron chi connectivity index (χ3n) is 1.88. The number of hydrogen-bond acceptors (Lipinski definition) is 3. The summed E-state index contributed by atoms with van der Waals surface area (Å²) in [6.07, 6.45) is 8.61. The van der Waals surface area contributed by atoms with Gasteiger partial charge < -0.3 is 15.3 Å². The van der Waals surface area contributed by atoms with Gasteiger partial charge in [-0.1, -0.05) is 18.7 Å². The van der Waals surface area contributed by atoms with Gasteiger partial charge in [-0.05, 0) is 32.6 Å². The van der Waals surface area contributed by atoms with E-state index in [0.717, 1.165) is 25.0 Å². The number of carbonyl (C=O) groups is 3. The third-order valence-corrected chi connectivity index (χ3v) is 1.88. The molecule has 0 saturated carbocycles. The maximum Gasteiger partial charge on any atom is 0.330 e. The second-order valence-corrected chi connectivity index (χ2v) is 3.85. The lowest BCUT2D eigenvalue weighted by molar-refractivity contribution is -0.133. The van der Waals surface area contributed by atoms with Gasteiger partial charge in [0, 0.05) is 17.7 Å². The Hall–Kier alpha value is -2.37. The molecule has 3 N–H and O–H groups in total. The van der Waals surface area contributed by atoms with Crippen LogP contribution in [0.15, 0.2) is 36.5 Å². The van der Waals surface area contributed by atoms with Crippen molar-refractivity contribution in [1.82, 2.24) is 0 Å². The molecule has 0 aliphatic carbocycles. The van der Waals surface area contributed by atoms with Gasteiger partial charge in [0.1, 0.15) is 0 Å². The van der Waals surface area contributed by atoms with Crippen LogP contribution in [0.5, 0.6) is 0 Å². The van der Waals surface area contributed by atoms with Crippen molar-refractivity contribution in [3.05, 3.63) is 36.5 Å². The highest BCUT2D eigenvalue weighted by Crippen LogP contribution is 2.01. The Morgan fingerprint density at radius 1 is 0.900 bits per heavy atom. The highest BCUT2D eigenvalue weighted by atomic mass is 16.4. The number of aliphatic carboxylic acids is 3. The standard InChI is InChI=1S/C10H14O4.C4H6O2/c11-9(12)7-5-3-1-2-4-6-8-10(13)14;1-3(2)4(5)6/h5-8H,1-4H2,(H,11,12)(H,13,14);1H2,2H3,(H,5,6). The van der Waals surface area contributed by atoms with E-state index in [9.17, 15) is 14.4 Å². The van der Waals surface area contributed by atoms with E-state index in [0.29, 0.717) is 12.8 Å². The molecule has 0 amide bonds. The topological polar surface area (TPSA) is 112 Å². The average molecular weight is 284 g/mol. The highest BCUT2D eigenvalue weighted by Gasteiger charge is 1.90. The van der Waals surface area contributed by atoms with Gasteiger partial charge in [-0.3, -0.25) is 0 Å². The minimum Gasteiger partial charge on any atom is -0.478 e. The van der Waals surface area contributed by atoms with Crippen LogP contribution in [0, 0.1) is 0 Å². The van der Waals surface area contributed by atoms with E-state index in [1.807, 2.05) is 0 Å². The van der Waals surface area contributed by atoms with Crippen LogP contribution < -0.4 is 0 Å². The van der Waals surface area contributed by atoms with Crippen LogP contribution in [0.2, 0.25) is 0 Å². The van der Waals surface area contributed by atoms with Crippen LogP contribution >= 0.6 is 0 Å². The summed E-state index contributed by atoms with van der Waals surface area (Å²) in [7, 11) is 0. The average Bonchev–Trinajstić information content (AvgIpc) is 2.32. The van der Waals surface area contributed by atoms with Crippen LogP contribution in [0.3, 0.4) is 0 Å². The number of carboxylic acids is 3. The second kappa shape index (κ2) is 13.1. The van der Waals surface area contributed by atoms with E-state index >= 15 is 0 Å². The fraction of sp³-hybridized carbons (Fsp3) is 0.357. The number of carboxylic acid groups (broad SMARTS) is 3. The molecule has 0 rings (SSSR count).